The van der Waals surface area contributed by atoms with Gasteiger partial charge in [-0.15, -0.1) is 0 Å². The van der Waals surface area contributed by atoms with Gasteiger partial charge in [0, 0.05) is 29.7 Å². The zero-order valence-corrected chi connectivity index (χ0v) is 16.8. The second kappa shape index (κ2) is 8.76. The van der Waals surface area contributed by atoms with Gasteiger partial charge in [0.1, 0.15) is 11.4 Å². The van der Waals surface area contributed by atoms with Crippen LogP contribution in [0.5, 0.6) is 0 Å². The summed E-state index contributed by atoms with van der Waals surface area (Å²) in [6.45, 7) is 3.69. The number of carbonyl (C=O) groups excluding carboxylic acids is 1. The number of amides is 1. The summed E-state index contributed by atoms with van der Waals surface area (Å²) in [5, 5.41) is 8.57. The zero-order chi connectivity index (χ0) is 21.9. The fourth-order valence-corrected chi connectivity index (χ4v) is 3.47. The van der Waals surface area contributed by atoms with Crippen LogP contribution in [-0.4, -0.2) is 28.0 Å². The van der Waals surface area contributed by atoms with Gasteiger partial charge in [0.2, 0.25) is 11.9 Å². The first-order valence-corrected chi connectivity index (χ1v) is 9.77. The van der Waals surface area contributed by atoms with Crippen LogP contribution in [0.1, 0.15) is 38.7 Å². The monoisotopic (exact) mass is 422 g/mol. The van der Waals surface area contributed by atoms with Gasteiger partial charge in [0.05, 0.1) is 5.92 Å². The van der Waals surface area contributed by atoms with Crippen LogP contribution in [0.4, 0.5) is 36.3 Å². The molecule has 0 saturated heterocycles. The van der Waals surface area contributed by atoms with Gasteiger partial charge < -0.3 is 21.7 Å². The fraction of sp³-hybridized carbons (Fsp3) is 0.450. The number of hydrogen-bond acceptors (Lipinski definition) is 6. The maximum absolute atomic E-state index is 13.5. The lowest BCUT2D eigenvalue weighted by Gasteiger charge is -2.24. The average Bonchev–Trinajstić information content (AvgIpc) is 3.10. The van der Waals surface area contributed by atoms with E-state index in [2.05, 4.69) is 25.9 Å². The van der Waals surface area contributed by atoms with Gasteiger partial charge in [-0.05, 0) is 51.0 Å². The smallest absolute Gasteiger partial charge is 0.399 e. The minimum Gasteiger partial charge on any atom is -0.399 e. The van der Waals surface area contributed by atoms with E-state index >= 15 is 0 Å². The zero-order valence-electron chi connectivity index (χ0n) is 16.8. The topological polar surface area (TPSA) is 105 Å². The van der Waals surface area contributed by atoms with Crippen molar-refractivity contribution in [3.63, 3.8) is 0 Å². The molecule has 1 saturated carbocycles. The van der Waals surface area contributed by atoms with E-state index in [0.717, 1.165) is 12.6 Å². The molecule has 1 aliphatic rings. The van der Waals surface area contributed by atoms with Crippen LogP contribution < -0.4 is 21.7 Å². The van der Waals surface area contributed by atoms with Crippen LogP contribution in [-0.2, 0) is 11.0 Å². The Bertz CT molecular complexity index is 885. The van der Waals surface area contributed by atoms with Gasteiger partial charge in [0.15, 0.2) is 0 Å². The van der Waals surface area contributed by atoms with E-state index in [1.807, 2.05) is 13.8 Å². The molecule has 30 heavy (non-hydrogen) atoms. The summed E-state index contributed by atoms with van der Waals surface area (Å²) in [4.78, 5) is 20.3. The van der Waals surface area contributed by atoms with E-state index in [0.29, 0.717) is 24.2 Å². The Morgan fingerprint density at radius 1 is 1.20 bits per heavy atom. The number of alkyl halides is 3. The van der Waals surface area contributed by atoms with Crippen LogP contribution >= 0.6 is 0 Å². The van der Waals surface area contributed by atoms with Crippen molar-refractivity contribution >= 4 is 29.0 Å². The van der Waals surface area contributed by atoms with Crippen LogP contribution in [0.3, 0.4) is 0 Å². The molecule has 0 bridgehead atoms. The highest BCUT2D eigenvalue weighted by atomic mass is 19.4. The summed E-state index contributed by atoms with van der Waals surface area (Å²) in [7, 11) is 0. The summed E-state index contributed by atoms with van der Waals surface area (Å²) in [5.74, 6) is -0.916. The standard InChI is InChI=1S/C20H25F3N6O/c1-11(2)26-18(30)14-4-3-5-16(14)28-17-15(20(21,22)23)10-25-19(29-17)27-13-8-6-12(24)7-9-13/h6-11,14,16H,3-5,24H2,1-2H3,(H,26,30)(H2,25,27,28,29)/t14?,16-/m1/s1. The summed E-state index contributed by atoms with van der Waals surface area (Å²) in [6.07, 6.45) is -1.95. The average molecular weight is 422 g/mol. The highest BCUT2D eigenvalue weighted by Gasteiger charge is 2.38. The fourth-order valence-electron chi connectivity index (χ4n) is 3.47. The first kappa shape index (κ1) is 21.7. The van der Waals surface area contributed by atoms with Crippen molar-refractivity contribution in [1.82, 2.24) is 15.3 Å². The van der Waals surface area contributed by atoms with Crippen molar-refractivity contribution < 1.29 is 18.0 Å². The number of nitrogen functional groups attached to an aromatic ring is 1. The summed E-state index contributed by atoms with van der Waals surface area (Å²) < 4.78 is 40.6. The number of hydrogen-bond donors (Lipinski definition) is 4. The molecule has 0 radical (unpaired) electrons. The second-order valence-electron chi connectivity index (χ2n) is 7.65. The van der Waals surface area contributed by atoms with Crippen molar-refractivity contribution in [3.8, 4) is 0 Å². The molecule has 2 atom stereocenters. The lowest BCUT2D eigenvalue weighted by molar-refractivity contribution is -0.137. The van der Waals surface area contributed by atoms with Gasteiger partial charge >= 0.3 is 6.18 Å². The predicted octanol–water partition coefficient (Wildman–Crippen LogP) is 3.93. The highest BCUT2D eigenvalue weighted by molar-refractivity contribution is 5.80. The molecule has 162 valence electrons. The third kappa shape index (κ3) is 5.31. The SMILES string of the molecule is CC(C)NC(=O)C1CCC[C@H]1Nc1nc(Nc2ccc(N)cc2)ncc1C(F)(F)F. The summed E-state index contributed by atoms with van der Waals surface area (Å²) in [5.41, 5.74) is 5.82. The maximum atomic E-state index is 13.5. The van der Waals surface area contributed by atoms with Gasteiger partial charge in [-0.25, -0.2) is 4.98 Å². The van der Waals surface area contributed by atoms with Crippen molar-refractivity contribution in [2.75, 3.05) is 16.4 Å². The number of rotatable bonds is 6. The minimum absolute atomic E-state index is 0.0106. The molecule has 2 aromatic rings. The minimum atomic E-state index is -4.63. The van der Waals surface area contributed by atoms with Crippen molar-refractivity contribution in [1.29, 1.82) is 0 Å². The summed E-state index contributed by atoms with van der Waals surface area (Å²) in [6, 6.07) is 6.17. The number of anilines is 4. The predicted molar refractivity (Wildman–Crippen MR) is 109 cm³/mol. The van der Waals surface area contributed by atoms with E-state index in [4.69, 9.17) is 5.73 Å². The normalized spacial score (nSPS) is 19.0. The molecule has 1 aromatic heterocycles. The van der Waals surface area contributed by atoms with E-state index in [9.17, 15) is 18.0 Å². The van der Waals surface area contributed by atoms with Crippen LogP contribution in [0, 0.1) is 5.92 Å². The number of benzene rings is 1. The first-order valence-electron chi connectivity index (χ1n) is 9.77. The van der Waals surface area contributed by atoms with Gasteiger partial charge in [-0.2, -0.15) is 18.2 Å². The van der Waals surface area contributed by atoms with Gasteiger partial charge in [0.25, 0.3) is 0 Å². The Kier molecular flexibility index (Phi) is 6.33. The number of halogens is 3. The third-order valence-corrected chi connectivity index (χ3v) is 4.87. The second-order valence-corrected chi connectivity index (χ2v) is 7.65. The van der Waals surface area contributed by atoms with E-state index in [-0.39, 0.29) is 23.7 Å². The Morgan fingerprint density at radius 2 is 1.90 bits per heavy atom. The molecule has 7 nitrogen and oxygen atoms in total. The lowest BCUT2D eigenvalue weighted by atomic mass is 10.0. The number of nitrogens with zero attached hydrogens (tertiary/aromatic N) is 2. The molecule has 0 spiro atoms. The molecule has 10 heteroatoms. The Hall–Kier alpha value is -3.04. The number of nitrogens with two attached hydrogens (primary N) is 1. The first-order chi connectivity index (χ1) is 14.1. The van der Waals surface area contributed by atoms with E-state index in [1.54, 1.807) is 24.3 Å². The van der Waals surface area contributed by atoms with Crippen LogP contribution in [0.2, 0.25) is 0 Å². The quantitative estimate of drug-likeness (QED) is 0.526. The number of aromatic nitrogens is 2. The van der Waals surface area contributed by atoms with E-state index < -0.39 is 23.7 Å². The molecule has 1 unspecified atom stereocenters. The summed E-state index contributed by atoms with van der Waals surface area (Å²) >= 11 is 0. The van der Waals surface area contributed by atoms with Crippen molar-refractivity contribution in [2.24, 2.45) is 5.92 Å². The van der Waals surface area contributed by atoms with Crippen LogP contribution in [0.25, 0.3) is 0 Å². The Labute approximate surface area is 172 Å². The van der Waals surface area contributed by atoms with Crippen molar-refractivity contribution in [3.05, 3.63) is 36.0 Å². The molecule has 1 heterocycles. The molecular formula is C20H25F3N6O. The largest absolute Gasteiger partial charge is 0.421 e. The van der Waals surface area contributed by atoms with Gasteiger partial charge in [-0.3, -0.25) is 4.79 Å². The molecule has 1 aromatic carbocycles. The third-order valence-electron chi connectivity index (χ3n) is 4.87. The Balaban J connectivity index is 1.85. The van der Waals surface area contributed by atoms with Crippen molar-refractivity contribution in [2.45, 2.75) is 51.4 Å². The molecule has 1 aliphatic carbocycles. The van der Waals surface area contributed by atoms with Gasteiger partial charge in [-0.1, -0.05) is 6.42 Å². The molecule has 0 aliphatic heterocycles. The number of carbonyl (C=O) groups is 1. The number of nitrogens with one attached hydrogen (secondary N) is 3. The van der Waals surface area contributed by atoms with E-state index in [1.165, 1.54) is 0 Å². The Morgan fingerprint density at radius 3 is 2.53 bits per heavy atom. The molecule has 3 rings (SSSR count). The molecule has 5 N–H and O–H groups in total. The molecule has 1 fully saturated rings. The highest BCUT2D eigenvalue weighted by Crippen LogP contribution is 2.36. The molecular weight excluding hydrogens is 397 g/mol. The maximum Gasteiger partial charge on any atom is 0.421 e. The lowest BCUT2D eigenvalue weighted by Crippen LogP contribution is -2.41. The van der Waals surface area contributed by atoms with Crippen LogP contribution in [0.15, 0.2) is 30.5 Å². The molecule has 1 amide bonds.